The van der Waals surface area contributed by atoms with Crippen LogP contribution in [0.15, 0.2) is 66.4 Å². The number of carbonyl (C=O) groups excluding carboxylic acids is 1. The number of methoxy groups -OCH3 is 2. The summed E-state index contributed by atoms with van der Waals surface area (Å²) in [7, 11) is 3.31. The SMILES string of the molecule is COc1ccc(C=CC2=CC(c3ccc(OC)cc3)C3(CCCC3)C(=O)O2)cc1. The highest BCUT2D eigenvalue weighted by atomic mass is 16.5. The third kappa shape index (κ3) is 3.80. The van der Waals surface area contributed by atoms with E-state index in [1.165, 1.54) is 0 Å². The zero-order valence-corrected chi connectivity index (χ0v) is 16.9. The fraction of sp³-hybridized carbons (Fsp3) is 0.320. The third-order valence-electron chi connectivity index (χ3n) is 6.07. The van der Waals surface area contributed by atoms with E-state index in [2.05, 4.69) is 18.2 Å². The zero-order chi connectivity index (χ0) is 20.3. The zero-order valence-electron chi connectivity index (χ0n) is 16.9. The second-order valence-corrected chi connectivity index (χ2v) is 7.68. The normalized spacial score (nSPS) is 20.6. The fourth-order valence-electron chi connectivity index (χ4n) is 4.42. The first-order valence-corrected chi connectivity index (χ1v) is 10.0. The van der Waals surface area contributed by atoms with Crippen molar-refractivity contribution in [2.45, 2.75) is 31.6 Å². The van der Waals surface area contributed by atoms with Crippen LogP contribution >= 0.6 is 0 Å². The lowest BCUT2D eigenvalue weighted by molar-refractivity contribution is -0.153. The number of ether oxygens (including phenoxy) is 3. The Bertz CT molecular complexity index is 916. The molecule has 1 fully saturated rings. The molecule has 1 atom stereocenters. The van der Waals surface area contributed by atoms with Crippen molar-refractivity contribution in [3.8, 4) is 11.5 Å². The lowest BCUT2D eigenvalue weighted by Gasteiger charge is -2.37. The van der Waals surface area contributed by atoms with Gasteiger partial charge in [0.25, 0.3) is 0 Å². The lowest BCUT2D eigenvalue weighted by Crippen LogP contribution is -2.38. The van der Waals surface area contributed by atoms with Crippen molar-refractivity contribution in [2.24, 2.45) is 5.41 Å². The number of cyclic esters (lactones) is 1. The quantitative estimate of drug-likeness (QED) is 0.632. The summed E-state index contributed by atoms with van der Waals surface area (Å²) in [5.74, 6) is 2.13. The Kier molecular flexibility index (Phi) is 5.43. The second kappa shape index (κ2) is 8.16. The monoisotopic (exact) mass is 390 g/mol. The summed E-state index contributed by atoms with van der Waals surface area (Å²) in [4.78, 5) is 13.1. The highest BCUT2D eigenvalue weighted by Gasteiger charge is 2.51. The molecule has 4 heteroatoms. The lowest BCUT2D eigenvalue weighted by atomic mass is 9.69. The van der Waals surface area contributed by atoms with Crippen molar-refractivity contribution in [1.82, 2.24) is 0 Å². The number of allylic oxidation sites excluding steroid dienone is 2. The van der Waals surface area contributed by atoms with Gasteiger partial charge in [-0.25, -0.2) is 0 Å². The van der Waals surface area contributed by atoms with Crippen molar-refractivity contribution in [3.05, 3.63) is 77.6 Å². The second-order valence-electron chi connectivity index (χ2n) is 7.68. The van der Waals surface area contributed by atoms with Gasteiger partial charge < -0.3 is 14.2 Å². The van der Waals surface area contributed by atoms with E-state index in [0.29, 0.717) is 5.76 Å². The average molecular weight is 390 g/mol. The molecule has 1 unspecified atom stereocenters. The summed E-state index contributed by atoms with van der Waals surface area (Å²) >= 11 is 0. The standard InChI is InChI=1S/C25H26O4/c1-27-20-10-5-18(6-11-20)7-12-22-17-23(19-8-13-21(28-2)14-9-19)25(24(26)29-22)15-3-4-16-25/h5-14,17,23H,3-4,15-16H2,1-2H3. The minimum Gasteiger partial charge on any atom is -0.497 e. The predicted molar refractivity (Wildman–Crippen MR) is 113 cm³/mol. The molecule has 1 saturated carbocycles. The molecule has 0 saturated heterocycles. The first-order valence-electron chi connectivity index (χ1n) is 10.0. The van der Waals surface area contributed by atoms with Crippen LogP contribution in [0.3, 0.4) is 0 Å². The minimum atomic E-state index is -0.452. The molecular weight excluding hydrogens is 364 g/mol. The van der Waals surface area contributed by atoms with Gasteiger partial charge in [-0.2, -0.15) is 0 Å². The Balaban J connectivity index is 1.66. The smallest absolute Gasteiger partial charge is 0.318 e. The summed E-state index contributed by atoms with van der Waals surface area (Å²) in [5.41, 5.74) is 1.69. The van der Waals surface area contributed by atoms with Crippen molar-refractivity contribution < 1.29 is 19.0 Å². The Hall–Kier alpha value is -3.01. The number of benzene rings is 2. The number of rotatable bonds is 5. The van der Waals surface area contributed by atoms with Crippen LogP contribution < -0.4 is 9.47 Å². The van der Waals surface area contributed by atoms with Gasteiger partial charge in [-0.1, -0.05) is 43.2 Å². The third-order valence-corrected chi connectivity index (χ3v) is 6.07. The molecule has 1 aliphatic carbocycles. The maximum atomic E-state index is 13.1. The Morgan fingerprint density at radius 1 is 0.897 bits per heavy atom. The molecule has 29 heavy (non-hydrogen) atoms. The fourth-order valence-corrected chi connectivity index (χ4v) is 4.42. The van der Waals surface area contributed by atoms with Gasteiger partial charge in [-0.15, -0.1) is 0 Å². The van der Waals surface area contributed by atoms with Crippen LogP contribution in [-0.2, 0) is 9.53 Å². The van der Waals surface area contributed by atoms with Crippen LogP contribution in [0.25, 0.3) is 6.08 Å². The van der Waals surface area contributed by atoms with Gasteiger partial charge in [0.2, 0.25) is 0 Å². The molecule has 0 amide bonds. The van der Waals surface area contributed by atoms with E-state index in [0.717, 1.165) is 48.3 Å². The van der Waals surface area contributed by atoms with Crippen LogP contribution in [0.5, 0.6) is 11.5 Å². The molecule has 0 aromatic heterocycles. The number of hydrogen-bond donors (Lipinski definition) is 0. The highest BCUT2D eigenvalue weighted by Crippen LogP contribution is 2.53. The molecule has 1 spiro atoms. The maximum Gasteiger partial charge on any atom is 0.318 e. The van der Waals surface area contributed by atoms with Crippen molar-refractivity contribution in [3.63, 3.8) is 0 Å². The van der Waals surface area contributed by atoms with Crippen molar-refractivity contribution >= 4 is 12.0 Å². The minimum absolute atomic E-state index is 0.00711. The van der Waals surface area contributed by atoms with Crippen LogP contribution in [0.1, 0.15) is 42.7 Å². The molecule has 2 aliphatic rings. The van der Waals surface area contributed by atoms with Crippen LogP contribution in [0, 0.1) is 5.41 Å². The Labute approximate surface area is 171 Å². The summed E-state index contributed by atoms with van der Waals surface area (Å²) in [5, 5.41) is 0. The first-order chi connectivity index (χ1) is 14.1. The summed E-state index contributed by atoms with van der Waals surface area (Å²) in [6.45, 7) is 0. The van der Waals surface area contributed by atoms with Crippen molar-refractivity contribution in [1.29, 1.82) is 0 Å². The molecule has 0 N–H and O–H groups in total. The first kappa shape index (κ1) is 19.3. The van der Waals surface area contributed by atoms with E-state index in [9.17, 15) is 4.79 Å². The molecule has 2 aromatic carbocycles. The average Bonchev–Trinajstić information content (AvgIpc) is 3.26. The van der Waals surface area contributed by atoms with Gasteiger partial charge >= 0.3 is 5.97 Å². The molecule has 1 heterocycles. The van der Waals surface area contributed by atoms with E-state index in [-0.39, 0.29) is 11.9 Å². The van der Waals surface area contributed by atoms with Gasteiger partial charge in [-0.05, 0) is 60.4 Å². The molecule has 0 radical (unpaired) electrons. The van der Waals surface area contributed by atoms with Gasteiger partial charge in [0.05, 0.1) is 19.6 Å². The molecule has 0 bridgehead atoms. The van der Waals surface area contributed by atoms with E-state index in [4.69, 9.17) is 14.2 Å². The molecule has 1 aliphatic heterocycles. The molecule has 2 aromatic rings. The molecule has 4 nitrogen and oxygen atoms in total. The summed E-state index contributed by atoms with van der Waals surface area (Å²) in [6.07, 6.45) is 9.80. The van der Waals surface area contributed by atoms with Crippen LogP contribution in [-0.4, -0.2) is 20.2 Å². The molecule has 4 rings (SSSR count). The topological polar surface area (TPSA) is 44.8 Å². The van der Waals surface area contributed by atoms with Crippen molar-refractivity contribution in [2.75, 3.05) is 14.2 Å². The Morgan fingerprint density at radius 3 is 2.07 bits per heavy atom. The molecule has 150 valence electrons. The van der Waals surface area contributed by atoms with Gasteiger partial charge in [0, 0.05) is 5.92 Å². The van der Waals surface area contributed by atoms with Crippen LogP contribution in [0.4, 0.5) is 0 Å². The summed E-state index contributed by atoms with van der Waals surface area (Å²) < 4.78 is 16.3. The van der Waals surface area contributed by atoms with E-state index >= 15 is 0 Å². The maximum absolute atomic E-state index is 13.1. The predicted octanol–water partition coefficient (Wildman–Crippen LogP) is 5.50. The summed E-state index contributed by atoms with van der Waals surface area (Å²) in [6, 6.07) is 15.8. The number of hydrogen-bond acceptors (Lipinski definition) is 4. The Morgan fingerprint density at radius 2 is 1.48 bits per heavy atom. The molecular formula is C25H26O4. The van der Waals surface area contributed by atoms with E-state index < -0.39 is 5.41 Å². The van der Waals surface area contributed by atoms with Gasteiger partial charge in [0.15, 0.2) is 0 Å². The van der Waals surface area contributed by atoms with Gasteiger partial charge in [-0.3, -0.25) is 4.79 Å². The highest BCUT2D eigenvalue weighted by molar-refractivity contribution is 5.82. The number of carbonyl (C=O) groups is 1. The largest absolute Gasteiger partial charge is 0.497 e. The van der Waals surface area contributed by atoms with E-state index in [1.807, 2.05) is 48.6 Å². The van der Waals surface area contributed by atoms with Gasteiger partial charge in [0.1, 0.15) is 17.3 Å². The number of esters is 1. The van der Waals surface area contributed by atoms with E-state index in [1.54, 1.807) is 14.2 Å². The van der Waals surface area contributed by atoms with Crippen LogP contribution in [0.2, 0.25) is 0 Å².